The molecule has 1 aliphatic heterocycles. The molecule has 2 aromatic rings. The molecule has 0 bridgehead atoms. The van der Waals surface area contributed by atoms with Crippen LogP contribution in [0.5, 0.6) is 0 Å². The maximum absolute atomic E-state index is 12.1. The molecule has 0 saturated carbocycles. The quantitative estimate of drug-likeness (QED) is 0.873. The molecule has 1 aromatic heterocycles. The molecular formula is C17H16N2O2S. The van der Waals surface area contributed by atoms with Crippen LogP contribution >= 0.6 is 11.8 Å². The van der Waals surface area contributed by atoms with Gasteiger partial charge in [-0.05, 0) is 12.1 Å². The van der Waals surface area contributed by atoms with Crippen LogP contribution in [-0.2, 0) is 9.59 Å². The first-order valence-electron chi connectivity index (χ1n) is 7.12. The van der Waals surface area contributed by atoms with Gasteiger partial charge in [-0.25, -0.2) is 0 Å². The Balaban J connectivity index is 1.76. The van der Waals surface area contributed by atoms with Gasteiger partial charge in [0.05, 0.1) is 17.6 Å². The molecule has 0 radical (unpaired) electrons. The Kier molecular flexibility index (Phi) is 4.24. The van der Waals surface area contributed by atoms with E-state index >= 15 is 0 Å². The highest BCUT2D eigenvalue weighted by Gasteiger charge is 2.31. The van der Waals surface area contributed by atoms with Gasteiger partial charge < -0.3 is 4.90 Å². The molecule has 3 rings (SSSR count). The van der Waals surface area contributed by atoms with E-state index < -0.39 is 0 Å². The number of hydrogen-bond donors (Lipinski definition) is 0. The summed E-state index contributed by atoms with van der Waals surface area (Å²) in [6.45, 7) is 2.10. The number of amides is 1. The van der Waals surface area contributed by atoms with E-state index in [1.165, 1.54) is 18.7 Å². The maximum Gasteiger partial charge on any atom is 0.228 e. The van der Waals surface area contributed by atoms with E-state index in [0.717, 1.165) is 16.9 Å². The first kappa shape index (κ1) is 14.8. The first-order chi connectivity index (χ1) is 10.6. The van der Waals surface area contributed by atoms with Crippen molar-refractivity contribution in [3.63, 3.8) is 0 Å². The molecule has 1 atom stereocenters. The molecule has 4 nitrogen and oxygen atoms in total. The standard InChI is InChI=1S/C17H16N2O2S/c1-12(20)22-15-9-17(21)19(11-15)14-7-8-16(18-10-14)13-5-3-2-4-6-13/h2-8,10,15H,9,11H2,1H3. The van der Waals surface area contributed by atoms with Crippen molar-refractivity contribution in [2.45, 2.75) is 18.6 Å². The Morgan fingerprint density at radius 1 is 1.23 bits per heavy atom. The van der Waals surface area contributed by atoms with Gasteiger partial charge in [0.2, 0.25) is 5.91 Å². The molecule has 112 valence electrons. The molecule has 0 spiro atoms. The minimum Gasteiger partial charge on any atom is -0.310 e. The predicted molar refractivity (Wildman–Crippen MR) is 88.7 cm³/mol. The Bertz CT molecular complexity index is 686. The van der Waals surface area contributed by atoms with Crippen LogP contribution in [0.1, 0.15) is 13.3 Å². The van der Waals surface area contributed by atoms with Crippen molar-refractivity contribution in [3.8, 4) is 11.3 Å². The van der Waals surface area contributed by atoms with Crippen molar-refractivity contribution < 1.29 is 9.59 Å². The second-order valence-electron chi connectivity index (χ2n) is 5.21. The molecule has 1 aliphatic rings. The van der Waals surface area contributed by atoms with Gasteiger partial charge >= 0.3 is 0 Å². The number of benzene rings is 1. The van der Waals surface area contributed by atoms with Crippen molar-refractivity contribution >= 4 is 28.5 Å². The number of thioether (sulfide) groups is 1. The maximum atomic E-state index is 12.1. The lowest BCUT2D eigenvalue weighted by molar-refractivity contribution is -0.117. The average molecular weight is 312 g/mol. The van der Waals surface area contributed by atoms with Crippen LogP contribution in [0.2, 0.25) is 0 Å². The number of pyridine rings is 1. The summed E-state index contributed by atoms with van der Waals surface area (Å²) >= 11 is 1.24. The van der Waals surface area contributed by atoms with E-state index in [1.54, 1.807) is 11.1 Å². The van der Waals surface area contributed by atoms with Gasteiger partial charge in [0.15, 0.2) is 5.12 Å². The highest BCUT2D eigenvalue weighted by Crippen LogP contribution is 2.29. The van der Waals surface area contributed by atoms with Gasteiger partial charge in [0, 0.05) is 30.7 Å². The second-order valence-corrected chi connectivity index (χ2v) is 6.68. The lowest BCUT2D eigenvalue weighted by Gasteiger charge is -2.16. The zero-order chi connectivity index (χ0) is 15.5. The third kappa shape index (κ3) is 3.20. The fraction of sp³-hybridized carbons (Fsp3) is 0.235. The molecule has 22 heavy (non-hydrogen) atoms. The molecule has 5 heteroatoms. The molecule has 2 heterocycles. The zero-order valence-electron chi connectivity index (χ0n) is 12.2. The van der Waals surface area contributed by atoms with Gasteiger partial charge in [-0.15, -0.1) is 0 Å². The molecule has 1 unspecified atom stereocenters. The van der Waals surface area contributed by atoms with Gasteiger partial charge in [0.25, 0.3) is 0 Å². The number of anilines is 1. The Morgan fingerprint density at radius 2 is 2.00 bits per heavy atom. The largest absolute Gasteiger partial charge is 0.310 e. The van der Waals surface area contributed by atoms with Crippen LogP contribution in [0, 0.1) is 0 Å². The zero-order valence-corrected chi connectivity index (χ0v) is 13.0. The fourth-order valence-electron chi connectivity index (χ4n) is 2.56. The minimum atomic E-state index is 0.0406. The lowest BCUT2D eigenvalue weighted by atomic mass is 10.1. The summed E-state index contributed by atoms with van der Waals surface area (Å²) in [5.74, 6) is 0.0491. The van der Waals surface area contributed by atoms with Gasteiger partial charge in [-0.1, -0.05) is 42.1 Å². The van der Waals surface area contributed by atoms with Crippen molar-refractivity contribution in [2.24, 2.45) is 0 Å². The first-order valence-corrected chi connectivity index (χ1v) is 8.00. The number of rotatable bonds is 3. The van der Waals surface area contributed by atoms with Crippen LogP contribution in [-0.4, -0.2) is 27.8 Å². The van der Waals surface area contributed by atoms with Gasteiger partial charge in [0.1, 0.15) is 0 Å². The summed E-state index contributed by atoms with van der Waals surface area (Å²) in [5.41, 5.74) is 2.72. The normalized spacial score (nSPS) is 17.8. The number of aromatic nitrogens is 1. The Hall–Kier alpha value is -2.14. The van der Waals surface area contributed by atoms with E-state index in [9.17, 15) is 9.59 Å². The minimum absolute atomic E-state index is 0.0406. The fourth-order valence-corrected chi connectivity index (χ4v) is 3.48. The van der Waals surface area contributed by atoms with Crippen molar-refractivity contribution in [3.05, 3.63) is 48.7 Å². The summed E-state index contributed by atoms with van der Waals surface area (Å²) in [5, 5.41) is 0.0935. The molecule has 1 amide bonds. The number of hydrogen-bond acceptors (Lipinski definition) is 4. The summed E-state index contributed by atoms with van der Waals surface area (Å²) < 4.78 is 0. The van der Waals surface area contributed by atoms with E-state index in [1.807, 2.05) is 42.5 Å². The summed E-state index contributed by atoms with van der Waals surface area (Å²) in [4.78, 5) is 29.4. The number of carbonyl (C=O) groups excluding carboxylic acids is 2. The van der Waals surface area contributed by atoms with Gasteiger partial charge in [-0.3, -0.25) is 14.6 Å². The average Bonchev–Trinajstić information content (AvgIpc) is 2.88. The SMILES string of the molecule is CC(=O)SC1CC(=O)N(c2ccc(-c3ccccc3)nc2)C1. The molecule has 1 saturated heterocycles. The number of nitrogens with zero attached hydrogens (tertiary/aromatic N) is 2. The van der Waals surface area contributed by atoms with E-state index in [2.05, 4.69) is 4.98 Å². The molecule has 0 N–H and O–H groups in total. The molecular weight excluding hydrogens is 296 g/mol. The smallest absolute Gasteiger partial charge is 0.228 e. The molecule has 1 aromatic carbocycles. The Labute approximate surface area is 133 Å². The summed E-state index contributed by atoms with van der Waals surface area (Å²) in [7, 11) is 0. The van der Waals surface area contributed by atoms with Crippen molar-refractivity contribution in [2.75, 3.05) is 11.4 Å². The van der Waals surface area contributed by atoms with Crippen molar-refractivity contribution in [1.82, 2.24) is 4.98 Å². The topological polar surface area (TPSA) is 50.3 Å². The summed E-state index contributed by atoms with van der Waals surface area (Å²) in [6.07, 6.45) is 2.13. The van der Waals surface area contributed by atoms with E-state index in [0.29, 0.717) is 13.0 Å². The Morgan fingerprint density at radius 3 is 2.64 bits per heavy atom. The molecule has 1 fully saturated rings. The molecule has 0 aliphatic carbocycles. The third-order valence-corrected chi connectivity index (χ3v) is 4.53. The lowest BCUT2D eigenvalue weighted by Crippen LogP contribution is -2.25. The second kappa shape index (κ2) is 6.32. The van der Waals surface area contributed by atoms with Gasteiger partial charge in [-0.2, -0.15) is 0 Å². The monoisotopic (exact) mass is 312 g/mol. The van der Waals surface area contributed by atoms with Crippen LogP contribution in [0.3, 0.4) is 0 Å². The van der Waals surface area contributed by atoms with E-state index in [4.69, 9.17) is 0 Å². The highest BCUT2D eigenvalue weighted by atomic mass is 32.2. The van der Waals surface area contributed by atoms with Crippen LogP contribution in [0.4, 0.5) is 5.69 Å². The van der Waals surface area contributed by atoms with Crippen LogP contribution in [0.15, 0.2) is 48.7 Å². The highest BCUT2D eigenvalue weighted by molar-refractivity contribution is 8.14. The third-order valence-electron chi connectivity index (χ3n) is 3.55. The number of carbonyl (C=O) groups is 2. The summed E-state index contributed by atoms with van der Waals surface area (Å²) in [6, 6.07) is 13.7. The predicted octanol–water partition coefficient (Wildman–Crippen LogP) is 3.13. The van der Waals surface area contributed by atoms with Crippen LogP contribution in [0.25, 0.3) is 11.3 Å². The van der Waals surface area contributed by atoms with E-state index in [-0.39, 0.29) is 16.3 Å². The van der Waals surface area contributed by atoms with Crippen molar-refractivity contribution in [1.29, 1.82) is 0 Å². The van der Waals surface area contributed by atoms with Crippen LogP contribution < -0.4 is 4.90 Å².